The predicted molar refractivity (Wildman–Crippen MR) is 97.0 cm³/mol. The SMILES string of the molecule is COc1cc(NC(=O)CNC(=O)c2ccccc2Cl)c(OC)cc1Cl. The zero-order valence-corrected chi connectivity index (χ0v) is 15.1. The highest BCUT2D eigenvalue weighted by Crippen LogP contribution is 2.35. The maximum atomic E-state index is 12.1. The Labute approximate surface area is 155 Å². The van der Waals surface area contributed by atoms with Crippen molar-refractivity contribution in [2.75, 3.05) is 26.1 Å². The molecule has 2 amide bonds. The molecular weight excluding hydrogens is 367 g/mol. The lowest BCUT2D eigenvalue weighted by molar-refractivity contribution is -0.115. The fourth-order valence-electron chi connectivity index (χ4n) is 2.05. The first-order valence-corrected chi connectivity index (χ1v) is 7.96. The molecule has 8 heteroatoms. The van der Waals surface area contributed by atoms with Crippen molar-refractivity contribution in [2.24, 2.45) is 0 Å². The third-order valence-corrected chi connectivity index (χ3v) is 3.90. The maximum Gasteiger partial charge on any atom is 0.253 e. The molecular formula is C17H16Cl2N2O4. The second-order valence-electron chi connectivity index (χ2n) is 4.90. The number of anilines is 1. The Morgan fingerprint density at radius 2 is 1.68 bits per heavy atom. The summed E-state index contributed by atoms with van der Waals surface area (Å²) in [6.45, 7) is -0.238. The smallest absolute Gasteiger partial charge is 0.253 e. The summed E-state index contributed by atoms with van der Waals surface area (Å²) in [5.41, 5.74) is 0.670. The molecule has 0 aliphatic heterocycles. The van der Waals surface area contributed by atoms with E-state index in [1.165, 1.54) is 26.4 Å². The Balaban J connectivity index is 2.03. The molecule has 0 aliphatic rings. The molecule has 0 aromatic heterocycles. The predicted octanol–water partition coefficient (Wildman–Crippen LogP) is 3.38. The van der Waals surface area contributed by atoms with E-state index in [-0.39, 0.29) is 6.54 Å². The van der Waals surface area contributed by atoms with E-state index in [0.29, 0.717) is 32.8 Å². The van der Waals surface area contributed by atoms with Crippen LogP contribution in [-0.4, -0.2) is 32.6 Å². The highest BCUT2D eigenvalue weighted by atomic mass is 35.5. The molecule has 0 spiro atoms. The van der Waals surface area contributed by atoms with Crippen LogP contribution in [0.2, 0.25) is 10.0 Å². The number of nitrogens with one attached hydrogen (secondary N) is 2. The third-order valence-electron chi connectivity index (χ3n) is 3.28. The first-order chi connectivity index (χ1) is 12.0. The van der Waals surface area contributed by atoms with Gasteiger partial charge < -0.3 is 20.1 Å². The molecule has 25 heavy (non-hydrogen) atoms. The van der Waals surface area contributed by atoms with Crippen molar-refractivity contribution in [1.82, 2.24) is 5.32 Å². The average Bonchev–Trinajstić information content (AvgIpc) is 2.61. The van der Waals surface area contributed by atoms with Gasteiger partial charge in [0.2, 0.25) is 5.91 Å². The largest absolute Gasteiger partial charge is 0.495 e. The molecule has 2 aromatic carbocycles. The van der Waals surface area contributed by atoms with Crippen LogP contribution in [-0.2, 0) is 4.79 Å². The van der Waals surface area contributed by atoms with Crippen molar-refractivity contribution < 1.29 is 19.1 Å². The van der Waals surface area contributed by atoms with E-state index < -0.39 is 11.8 Å². The number of halogens is 2. The minimum absolute atomic E-state index is 0.238. The quantitative estimate of drug-likeness (QED) is 0.802. The lowest BCUT2D eigenvalue weighted by Gasteiger charge is -2.13. The van der Waals surface area contributed by atoms with Crippen LogP contribution in [0.4, 0.5) is 5.69 Å². The molecule has 0 fully saturated rings. The molecule has 6 nitrogen and oxygen atoms in total. The lowest BCUT2D eigenvalue weighted by Crippen LogP contribution is -2.33. The number of ether oxygens (including phenoxy) is 2. The number of amides is 2. The van der Waals surface area contributed by atoms with Gasteiger partial charge in [-0.05, 0) is 12.1 Å². The van der Waals surface area contributed by atoms with Gasteiger partial charge in [-0.15, -0.1) is 0 Å². The monoisotopic (exact) mass is 382 g/mol. The number of rotatable bonds is 6. The highest BCUT2D eigenvalue weighted by molar-refractivity contribution is 6.34. The second-order valence-corrected chi connectivity index (χ2v) is 5.71. The minimum atomic E-state index is -0.443. The zero-order chi connectivity index (χ0) is 18.4. The third kappa shape index (κ3) is 4.78. The molecule has 2 rings (SSSR count). The number of benzene rings is 2. The summed E-state index contributed by atoms with van der Waals surface area (Å²) >= 11 is 12.0. The molecule has 0 radical (unpaired) electrons. The Bertz CT molecular complexity index is 796. The number of hydrogen-bond donors (Lipinski definition) is 2. The average molecular weight is 383 g/mol. The van der Waals surface area contributed by atoms with E-state index in [1.54, 1.807) is 24.3 Å². The van der Waals surface area contributed by atoms with E-state index in [0.717, 1.165) is 0 Å². The Kier molecular flexibility index (Phi) is 6.50. The van der Waals surface area contributed by atoms with E-state index in [4.69, 9.17) is 32.7 Å². The molecule has 2 N–H and O–H groups in total. The molecule has 0 saturated heterocycles. The second kappa shape index (κ2) is 8.60. The van der Waals surface area contributed by atoms with Gasteiger partial charge in [-0.1, -0.05) is 35.3 Å². The van der Waals surface area contributed by atoms with Gasteiger partial charge in [-0.25, -0.2) is 0 Å². The molecule has 132 valence electrons. The summed E-state index contributed by atoms with van der Waals surface area (Å²) in [7, 11) is 2.91. The molecule has 0 atom stereocenters. The number of carbonyl (C=O) groups excluding carboxylic acids is 2. The number of carbonyl (C=O) groups is 2. The van der Waals surface area contributed by atoms with Crippen molar-refractivity contribution in [3.05, 3.63) is 52.0 Å². The molecule has 0 aliphatic carbocycles. The maximum absolute atomic E-state index is 12.1. The van der Waals surface area contributed by atoms with Gasteiger partial charge in [0.05, 0.1) is 42.1 Å². The lowest BCUT2D eigenvalue weighted by atomic mass is 10.2. The summed E-state index contributed by atoms with van der Waals surface area (Å²) in [4.78, 5) is 24.2. The number of hydrogen-bond acceptors (Lipinski definition) is 4. The van der Waals surface area contributed by atoms with Crippen LogP contribution in [0.1, 0.15) is 10.4 Å². The fraction of sp³-hybridized carbons (Fsp3) is 0.176. The summed E-state index contributed by atoms with van der Waals surface area (Å²) in [5, 5.41) is 5.80. The van der Waals surface area contributed by atoms with Crippen molar-refractivity contribution in [1.29, 1.82) is 0 Å². The number of methoxy groups -OCH3 is 2. The minimum Gasteiger partial charge on any atom is -0.495 e. The summed E-state index contributed by atoms with van der Waals surface area (Å²) in [5.74, 6) is -0.126. The summed E-state index contributed by atoms with van der Waals surface area (Å²) < 4.78 is 10.3. The van der Waals surface area contributed by atoms with Crippen molar-refractivity contribution in [2.45, 2.75) is 0 Å². The van der Waals surface area contributed by atoms with Gasteiger partial charge in [0.25, 0.3) is 5.91 Å². The first-order valence-electron chi connectivity index (χ1n) is 7.20. The van der Waals surface area contributed by atoms with Crippen LogP contribution in [0.3, 0.4) is 0 Å². The molecule has 0 unspecified atom stereocenters. The topological polar surface area (TPSA) is 76.7 Å². The van der Waals surface area contributed by atoms with E-state index in [2.05, 4.69) is 10.6 Å². The normalized spacial score (nSPS) is 10.1. The van der Waals surface area contributed by atoms with E-state index in [1.807, 2.05) is 0 Å². The van der Waals surface area contributed by atoms with Crippen LogP contribution in [0.15, 0.2) is 36.4 Å². The Morgan fingerprint density at radius 3 is 2.32 bits per heavy atom. The van der Waals surface area contributed by atoms with Crippen molar-refractivity contribution in [3.8, 4) is 11.5 Å². The van der Waals surface area contributed by atoms with Crippen LogP contribution in [0, 0.1) is 0 Å². The van der Waals surface area contributed by atoms with Gasteiger partial charge in [0.1, 0.15) is 11.5 Å². The van der Waals surface area contributed by atoms with E-state index >= 15 is 0 Å². The first kappa shape index (κ1) is 18.9. The van der Waals surface area contributed by atoms with Gasteiger partial charge in [0, 0.05) is 12.1 Å². The molecule has 0 saturated carbocycles. The van der Waals surface area contributed by atoms with Gasteiger partial charge in [-0.2, -0.15) is 0 Å². The molecule has 0 bridgehead atoms. The van der Waals surface area contributed by atoms with Gasteiger partial charge in [0.15, 0.2) is 0 Å². The molecule has 0 heterocycles. The van der Waals surface area contributed by atoms with Gasteiger partial charge >= 0.3 is 0 Å². The van der Waals surface area contributed by atoms with E-state index in [9.17, 15) is 9.59 Å². The van der Waals surface area contributed by atoms with Crippen LogP contribution >= 0.6 is 23.2 Å². The van der Waals surface area contributed by atoms with Crippen LogP contribution in [0.25, 0.3) is 0 Å². The van der Waals surface area contributed by atoms with Gasteiger partial charge in [-0.3, -0.25) is 9.59 Å². The van der Waals surface area contributed by atoms with Crippen molar-refractivity contribution >= 4 is 40.7 Å². The Hall–Kier alpha value is -2.44. The summed E-state index contributed by atoms with van der Waals surface area (Å²) in [6.07, 6.45) is 0. The standard InChI is InChI=1S/C17H16Cl2N2O4/c1-24-14-8-13(15(25-2)7-12(14)19)21-16(22)9-20-17(23)10-5-3-4-6-11(10)18/h3-8H,9H2,1-2H3,(H,20,23)(H,21,22). The fourth-order valence-corrected chi connectivity index (χ4v) is 2.51. The summed E-state index contributed by atoms with van der Waals surface area (Å²) in [6, 6.07) is 9.63. The van der Waals surface area contributed by atoms with Crippen LogP contribution in [0.5, 0.6) is 11.5 Å². The Morgan fingerprint density at radius 1 is 1.00 bits per heavy atom. The van der Waals surface area contributed by atoms with Crippen LogP contribution < -0.4 is 20.1 Å². The highest BCUT2D eigenvalue weighted by Gasteiger charge is 2.14. The van der Waals surface area contributed by atoms with Crippen molar-refractivity contribution in [3.63, 3.8) is 0 Å². The molecule has 2 aromatic rings. The zero-order valence-electron chi connectivity index (χ0n) is 13.6.